The van der Waals surface area contributed by atoms with Crippen LogP contribution >= 0.6 is 11.6 Å². The van der Waals surface area contributed by atoms with Crippen LogP contribution in [0.2, 0.25) is 5.02 Å². The third-order valence-electron chi connectivity index (χ3n) is 4.63. The fourth-order valence-corrected chi connectivity index (χ4v) is 3.53. The second-order valence-corrected chi connectivity index (χ2v) is 6.93. The summed E-state index contributed by atoms with van der Waals surface area (Å²) >= 11 is 6.39. The topological polar surface area (TPSA) is 52.3 Å². The van der Waals surface area contributed by atoms with Crippen LogP contribution in [0.25, 0.3) is 11.3 Å². The highest BCUT2D eigenvalue weighted by molar-refractivity contribution is 6.33. The normalized spacial score (nSPS) is 16.0. The van der Waals surface area contributed by atoms with Crippen LogP contribution in [0.1, 0.15) is 17.0 Å². The number of oxazole rings is 1. The van der Waals surface area contributed by atoms with E-state index in [0.717, 1.165) is 28.9 Å². The monoisotopic (exact) mass is 367 g/mol. The van der Waals surface area contributed by atoms with Gasteiger partial charge in [-0.05, 0) is 35.7 Å². The van der Waals surface area contributed by atoms with Crippen LogP contribution < -0.4 is 4.74 Å². The summed E-state index contributed by atoms with van der Waals surface area (Å²) in [5, 5.41) is 0.552. The van der Waals surface area contributed by atoms with Crippen molar-refractivity contribution in [1.29, 1.82) is 0 Å². The lowest BCUT2D eigenvalue weighted by molar-refractivity contribution is -0.123. The molecule has 0 radical (unpaired) electrons. The number of halogens is 1. The summed E-state index contributed by atoms with van der Waals surface area (Å²) in [6.07, 6.45) is 2.71. The first kappa shape index (κ1) is 16.9. The molecular formula is C21H18ClNO3. The van der Waals surface area contributed by atoms with E-state index in [-0.39, 0.29) is 11.7 Å². The van der Waals surface area contributed by atoms with Gasteiger partial charge in [-0.15, -0.1) is 0 Å². The van der Waals surface area contributed by atoms with Crippen molar-refractivity contribution < 1.29 is 13.9 Å². The van der Waals surface area contributed by atoms with Gasteiger partial charge in [-0.2, -0.15) is 0 Å². The smallest absolute Gasteiger partial charge is 0.191 e. The zero-order valence-corrected chi connectivity index (χ0v) is 15.1. The Kier molecular flexibility index (Phi) is 4.51. The Morgan fingerprint density at radius 3 is 2.88 bits per heavy atom. The van der Waals surface area contributed by atoms with Crippen molar-refractivity contribution in [2.45, 2.75) is 19.8 Å². The number of carbonyl (C=O) groups excluding carboxylic acids is 1. The van der Waals surface area contributed by atoms with Crippen LogP contribution in [0.4, 0.5) is 0 Å². The van der Waals surface area contributed by atoms with Crippen molar-refractivity contribution >= 4 is 17.4 Å². The molecule has 2 heterocycles. The first-order chi connectivity index (χ1) is 12.6. The number of benzene rings is 2. The minimum absolute atomic E-state index is 0.125. The van der Waals surface area contributed by atoms with Gasteiger partial charge in [-0.25, -0.2) is 4.98 Å². The number of ether oxygens (including phenoxy) is 1. The first-order valence-corrected chi connectivity index (χ1v) is 8.92. The predicted octanol–water partition coefficient (Wildman–Crippen LogP) is 4.67. The lowest BCUT2D eigenvalue weighted by Gasteiger charge is -2.24. The molecule has 0 saturated heterocycles. The Hall–Kier alpha value is -2.59. The van der Waals surface area contributed by atoms with Crippen molar-refractivity contribution in [3.05, 3.63) is 70.7 Å². The van der Waals surface area contributed by atoms with Gasteiger partial charge >= 0.3 is 0 Å². The second-order valence-electron chi connectivity index (χ2n) is 6.52. The number of aryl methyl sites for hydroxylation is 1. The average molecular weight is 368 g/mol. The Bertz CT molecular complexity index is 963. The molecular weight excluding hydrogens is 350 g/mol. The lowest BCUT2D eigenvalue weighted by Crippen LogP contribution is -2.29. The van der Waals surface area contributed by atoms with Gasteiger partial charge in [0.15, 0.2) is 11.7 Å². The molecule has 4 rings (SSSR count). The van der Waals surface area contributed by atoms with Crippen molar-refractivity contribution in [3.63, 3.8) is 0 Å². The van der Waals surface area contributed by atoms with Gasteiger partial charge in [0, 0.05) is 18.9 Å². The molecule has 2 aromatic carbocycles. The molecule has 0 bridgehead atoms. The largest absolute Gasteiger partial charge is 0.493 e. The third kappa shape index (κ3) is 3.37. The Balaban J connectivity index is 1.47. The number of Topliss-reactive ketones (excluding diaryl/α,β-unsaturated/α-hetero) is 1. The number of hydrogen-bond donors (Lipinski definition) is 0. The molecule has 1 atom stereocenters. The highest BCUT2D eigenvalue weighted by atomic mass is 35.5. The van der Waals surface area contributed by atoms with Gasteiger partial charge in [0.2, 0.25) is 0 Å². The molecule has 0 N–H and O–H groups in total. The minimum atomic E-state index is -0.125. The fraction of sp³-hybridized carbons (Fsp3) is 0.238. The van der Waals surface area contributed by atoms with E-state index in [1.54, 1.807) is 13.1 Å². The molecule has 0 fully saturated rings. The number of fused-ring (bicyclic) bond motifs is 1. The number of aromatic nitrogens is 1. The summed E-state index contributed by atoms with van der Waals surface area (Å²) in [5.41, 5.74) is 2.75. The third-order valence-corrected chi connectivity index (χ3v) is 4.95. The summed E-state index contributed by atoms with van der Waals surface area (Å²) in [6.45, 7) is 2.22. The van der Waals surface area contributed by atoms with E-state index in [1.165, 1.54) is 0 Å². The number of nitrogens with zero attached hydrogens (tertiary/aromatic N) is 1. The van der Waals surface area contributed by atoms with E-state index in [2.05, 4.69) is 4.98 Å². The molecule has 0 saturated carbocycles. The number of carbonyl (C=O) groups is 1. The van der Waals surface area contributed by atoms with Gasteiger partial charge in [-0.1, -0.05) is 35.9 Å². The predicted molar refractivity (Wildman–Crippen MR) is 99.5 cm³/mol. The number of para-hydroxylation sites is 1. The molecule has 0 spiro atoms. The van der Waals surface area contributed by atoms with E-state index in [9.17, 15) is 4.79 Å². The summed E-state index contributed by atoms with van der Waals surface area (Å²) in [7, 11) is 0. The fourth-order valence-electron chi connectivity index (χ4n) is 3.23. The molecule has 3 aromatic rings. The number of hydrogen-bond acceptors (Lipinski definition) is 4. The van der Waals surface area contributed by atoms with Crippen molar-refractivity contribution in [2.24, 2.45) is 5.92 Å². The van der Waals surface area contributed by atoms with Crippen LogP contribution in [0, 0.1) is 12.8 Å². The first-order valence-electron chi connectivity index (χ1n) is 8.55. The van der Waals surface area contributed by atoms with E-state index >= 15 is 0 Å². The van der Waals surface area contributed by atoms with Crippen LogP contribution in [-0.4, -0.2) is 17.4 Å². The Morgan fingerprint density at radius 2 is 2.12 bits per heavy atom. The van der Waals surface area contributed by atoms with Gasteiger partial charge in [0.05, 0.1) is 23.7 Å². The molecule has 26 heavy (non-hydrogen) atoms. The zero-order chi connectivity index (χ0) is 18.1. The maximum absolute atomic E-state index is 12.7. The molecule has 4 nitrogen and oxygen atoms in total. The number of rotatable bonds is 4. The number of ketones is 1. The van der Waals surface area contributed by atoms with E-state index in [1.807, 2.05) is 42.5 Å². The molecule has 1 aromatic heterocycles. The molecule has 1 unspecified atom stereocenters. The van der Waals surface area contributed by atoms with E-state index < -0.39 is 0 Å². The molecule has 132 valence electrons. The molecule has 1 aliphatic heterocycles. The summed E-state index contributed by atoms with van der Waals surface area (Å²) in [4.78, 5) is 16.8. The van der Waals surface area contributed by atoms with Crippen LogP contribution in [0.15, 0.2) is 53.1 Å². The summed E-state index contributed by atoms with van der Waals surface area (Å²) < 4.78 is 11.3. The van der Waals surface area contributed by atoms with Gasteiger partial charge < -0.3 is 9.15 Å². The SMILES string of the molecule is Cc1ncc(-c2ccc(CC(=O)C3COc4ccccc4C3)cc2Cl)o1. The van der Waals surface area contributed by atoms with Gasteiger partial charge in [-0.3, -0.25) is 4.79 Å². The van der Waals surface area contributed by atoms with Crippen molar-refractivity contribution in [2.75, 3.05) is 6.61 Å². The highest BCUT2D eigenvalue weighted by Gasteiger charge is 2.25. The summed E-state index contributed by atoms with van der Waals surface area (Å²) in [6, 6.07) is 13.5. The minimum Gasteiger partial charge on any atom is -0.493 e. The summed E-state index contributed by atoms with van der Waals surface area (Å²) in [5.74, 6) is 2.14. The molecule has 5 heteroatoms. The van der Waals surface area contributed by atoms with Crippen LogP contribution in [-0.2, 0) is 17.6 Å². The Morgan fingerprint density at radius 1 is 1.27 bits per heavy atom. The van der Waals surface area contributed by atoms with Crippen molar-refractivity contribution in [3.8, 4) is 17.1 Å². The maximum atomic E-state index is 12.7. The van der Waals surface area contributed by atoms with Crippen LogP contribution in [0.3, 0.4) is 0 Å². The standard InChI is InChI=1S/C21H18ClNO3/c1-13-23-11-21(26-13)17-7-6-14(8-18(17)22)9-19(24)16-10-15-4-2-3-5-20(15)25-12-16/h2-8,11,16H,9-10,12H2,1H3. The van der Waals surface area contributed by atoms with Crippen LogP contribution in [0.5, 0.6) is 5.75 Å². The highest BCUT2D eigenvalue weighted by Crippen LogP contribution is 2.31. The second kappa shape index (κ2) is 6.96. The molecule has 0 aliphatic carbocycles. The van der Waals surface area contributed by atoms with Crippen molar-refractivity contribution in [1.82, 2.24) is 4.98 Å². The maximum Gasteiger partial charge on any atom is 0.191 e. The molecule has 0 amide bonds. The van der Waals surface area contributed by atoms with E-state index in [0.29, 0.717) is 29.7 Å². The van der Waals surface area contributed by atoms with Gasteiger partial charge in [0.1, 0.15) is 11.5 Å². The zero-order valence-electron chi connectivity index (χ0n) is 14.4. The van der Waals surface area contributed by atoms with E-state index in [4.69, 9.17) is 20.8 Å². The average Bonchev–Trinajstić information content (AvgIpc) is 3.07. The Labute approximate surface area is 156 Å². The molecule has 1 aliphatic rings. The lowest BCUT2D eigenvalue weighted by atomic mass is 9.90. The quantitative estimate of drug-likeness (QED) is 0.672. The van der Waals surface area contributed by atoms with Gasteiger partial charge in [0.25, 0.3) is 0 Å².